The van der Waals surface area contributed by atoms with Crippen molar-refractivity contribution in [3.8, 4) is 0 Å². The van der Waals surface area contributed by atoms with E-state index in [9.17, 15) is 9.59 Å². The molecule has 0 spiro atoms. The van der Waals surface area contributed by atoms with Crippen LogP contribution in [0.5, 0.6) is 0 Å². The fourth-order valence-electron chi connectivity index (χ4n) is 1.17. The monoisotopic (exact) mass is 272 g/mol. The standard InChI is InChI=1S/C10H20N2O2.2ClH/c1-10(2,9(12)14)7-5-3-4-6-8(11)13;;/h3-7H2,1-2H3,(H2,11,13)(H2,12,14);2*1H. The van der Waals surface area contributed by atoms with E-state index < -0.39 is 5.41 Å². The maximum atomic E-state index is 10.9. The Bertz CT molecular complexity index is 221. The average molecular weight is 273 g/mol. The quantitative estimate of drug-likeness (QED) is 0.693. The fourth-order valence-corrected chi connectivity index (χ4v) is 1.17. The predicted octanol–water partition coefficient (Wildman–Crippen LogP) is 1.78. The zero-order valence-corrected chi connectivity index (χ0v) is 11.5. The third-order valence-electron chi connectivity index (χ3n) is 2.39. The number of hydrogen-bond acceptors (Lipinski definition) is 2. The maximum Gasteiger partial charge on any atom is 0.223 e. The summed E-state index contributed by atoms with van der Waals surface area (Å²) in [6.45, 7) is 3.67. The van der Waals surface area contributed by atoms with Gasteiger partial charge in [-0.1, -0.05) is 26.7 Å². The van der Waals surface area contributed by atoms with Gasteiger partial charge in [-0.15, -0.1) is 24.8 Å². The number of halogens is 2. The van der Waals surface area contributed by atoms with Gasteiger partial charge in [-0.3, -0.25) is 9.59 Å². The molecule has 0 aromatic carbocycles. The molecule has 0 bridgehead atoms. The maximum absolute atomic E-state index is 10.9. The lowest BCUT2D eigenvalue weighted by Gasteiger charge is -2.19. The molecule has 0 fully saturated rings. The highest BCUT2D eigenvalue weighted by atomic mass is 35.5. The van der Waals surface area contributed by atoms with Crippen molar-refractivity contribution in [3.63, 3.8) is 0 Å². The number of primary amides is 2. The van der Waals surface area contributed by atoms with Gasteiger partial charge in [0.15, 0.2) is 0 Å². The Labute approximate surface area is 109 Å². The van der Waals surface area contributed by atoms with E-state index in [-0.39, 0.29) is 36.6 Å². The molecule has 4 N–H and O–H groups in total. The molecule has 6 heteroatoms. The normalized spacial score (nSPS) is 9.88. The number of nitrogens with two attached hydrogens (primary N) is 2. The third kappa shape index (κ3) is 10.1. The van der Waals surface area contributed by atoms with Gasteiger partial charge < -0.3 is 11.5 Å². The number of rotatable bonds is 7. The fraction of sp³-hybridized carbons (Fsp3) is 0.800. The summed E-state index contributed by atoms with van der Waals surface area (Å²) >= 11 is 0. The van der Waals surface area contributed by atoms with Crippen LogP contribution in [0.3, 0.4) is 0 Å². The Morgan fingerprint density at radius 1 is 1.00 bits per heavy atom. The molecule has 0 aliphatic rings. The van der Waals surface area contributed by atoms with Crippen LogP contribution in [0.4, 0.5) is 0 Å². The molecule has 0 aromatic heterocycles. The number of carbonyl (C=O) groups is 2. The predicted molar refractivity (Wildman–Crippen MR) is 69.8 cm³/mol. The summed E-state index contributed by atoms with van der Waals surface area (Å²) in [6, 6.07) is 0. The van der Waals surface area contributed by atoms with Crippen molar-refractivity contribution in [2.75, 3.05) is 0 Å². The lowest BCUT2D eigenvalue weighted by atomic mass is 9.86. The van der Waals surface area contributed by atoms with Crippen molar-refractivity contribution in [3.05, 3.63) is 0 Å². The highest BCUT2D eigenvalue weighted by Gasteiger charge is 2.23. The topological polar surface area (TPSA) is 86.2 Å². The van der Waals surface area contributed by atoms with Crippen LogP contribution in [0.25, 0.3) is 0 Å². The summed E-state index contributed by atoms with van der Waals surface area (Å²) in [5.41, 5.74) is 9.78. The first kappa shape index (κ1) is 20.9. The molecule has 0 aliphatic carbocycles. The molecule has 4 nitrogen and oxygen atoms in total. The molecule has 0 aliphatic heterocycles. The Morgan fingerprint density at radius 3 is 1.88 bits per heavy atom. The number of hydrogen-bond donors (Lipinski definition) is 2. The Balaban J connectivity index is -0.000000845. The van der Waals surface area contributed by atoms with Crippen molar-refractivity contribution >= 4 is 36.6 Å². The van der Waals surface area contributed by atoms with Gasteiger partial charge in [-0.05, 0) is 12.8 Å². The summed E-state index contributed by atoms with van der Waals surface area (Å²) in [4.78, 5) is 21.4. The lowest BCUT2D eigenvalue weighted by molar-refractivity contribution is -0.126. The van der Waals surface area contributed by atoms with Crippen LogP contribution in [0, 0.1) is 5.41 Å². The summed E-state index contributed by atoms with van der Waals surface area (Å²) in [5.74, 6) is -0.536. The van der Waals surface area contributed by atoms with Crippen molar-refractivity contribution in [2.24, 2.45) is 16.9 Å². The largest absolute Gasteiger partial charge is 0.370 e. The molecule has 0 saturated heterocycles. The first-order valence-electron chi connectivity index (χ1n) is 4.94. The van der Waals surface area contributed by atoms with Crippen LogP contribution in [-0.4, -0.2) is 11.8 Å². The molecule has 0 saturated carbocycles. The third-order valence-corrected chi connectivity index (χ3v) is 2.39. The second-order valence-corrected chi connectivity index (χ2v) is 4.28. The zero-order chi connectivity index (χ0) is 11.2. The summed E-state index contributed by atoms with van der Waals surface area (Å²) < 4.78 is 0. The second kappa shape index (κ2) is 9.73. The van der Waals surface area contributed by atoms with Gasteiger partial charge in [-0.2, -0.15) is 0 Å². The van der Waals surface area contributed by atoms with E-state index in [4.69, 9.17) is 11.5 Å². The van der Waals surface area contributed by atoms with Crippen molar-refractivity contribution < 1.29 is 9.59 Å². The minimum absolute atomic E-state index is 0. The molecule has 0 atom stereocenters. The molecule has 2 amide bonds. The van der Waals surface area contributed by atoms with Crippen LogP contribution in [0.15, 0.2) is 0 Å². The number of amides is 2. The molecule has 0 radical (unpaired) electrons. The van der Waals surface area contributed by atoms with E-state index in [1.165, 1.54) is 0 Å². The lowest BCUT2D eigenvalue weighted by Crippen LogP contribution is -2.31. The zero-order valence-electron chi connectivity index (χ0n) is 9.82. The highest BCUT2D eigenvalue weighted by Crippen LogP contribution is 2.22. The Hall–Kier alpha value is -0.480. The molecule has 0 heterocycles. The first-order valence-corrected chi connectivity index (χ1v) is 4.94. The van der Waals surface area contributed by atoms with E-state index in [2.05, 4.69) is 0 Å². The van der Waals surface area contributed by atoms with E-state index in [0.29, 0.717) is 6.42 Å². The minimum atomic E-state index is -0.438. The van der Waals surface area contributed by atoms with Gasteiger partial charge in [0.2, 0.25) is 11.8 Å². The molecular formula is C10H22Cl2N2O2. The van der Waals surface area contributed by atoms with Gasteiger partial charge >= 0.3 is 0 Å². The van der Waals surface area contributed by atoms with Crippen LogP contribution in [0.2, 0.25) is 0 Å². The number of carbonyl (C=O) groups excluding carboxylic acids is 2. The summed E-state index contributed by atoms with van der Waals surface area (Å²) in [7, 11) is 0. The van der Waals surface area contributed by atoms with Crippen LogP contribution >= 0.6 is 24.8 Å². The van der Waals surface area contributed by atoms with Crippen molar-refractivity contribution in [2.45, 2.75) is 46.0 Å². The minimum Gasteiger partial charge on any atom is -0.370 e. The van der Waals surface area contributed by atoms with E-state index in [1.54, 1.807) is 0 Å². The van der Waals surface area contributed by atoms with Gasteiger partial charge in [0.25, 0.3) is 0 Å². The second-order valence-electron chi connectivity index (χ2n) is 4.28. The number of unbranched alkanes of at least 4 members (excludes halogenated alkanes) is 2. The summed E-state index contributed by atoms with van der Waals surface area (Å²) in [6.07, 6.45) is 3.81. The van der Waals surface area contributed by atoms with Gasteiger partial charge in [0.05, 0.1) is 0 Å². The first-order chi connectivity index (χ1) is 6.36. The smallest absolute Gasteiger partial charge is 0.223 e. The Kier molecular flexibility index (Phi) is 12.7. The molecule has 0 rings (SSSR count). The van der Waals surface area contributed by atoms with Gasteiger partial charge in [0.1, 0.15) is 0 Å². The average Bonchev–Trinajstić information content (AvgIpc) is 2.02. The van der Waals surface area contributed by atoms with Gasteiger partial charge in [-0.25, -0.2) is 0 Å². The van der Waals surface area contributed by atoms with E-state index in [0.717, 1.165) is 25.7 Å². The SMILES string of the molecule is CC(C)(CCCCCC(N)=O)C(N)=O.Cl.Cl. The van der Waals surface area contributed by atoms with Crippen LogP contribution < -0.4 is 11.5 Å². The summed E-state index contributed by atoms with van der Waals surface area (Å²) in [5, 5.41) is 0. The van der Waals surface area contributed by atoms with E-state index in [1.807, 2.05) is 13.8 Å². The Morgan fingerprint density at radius 2 is 1.50 bits per heavy atom. The van der Waals surface area contributed by atoms with Crippen molar-refractivity contribution in [1.29, 1.82) is 0 Å². The molecule has 0 aromatic rings. The van der Waals surface area contributed by atoms with Crippen LogP contribution in [-0.2, 0) is 9.59 Å². The molecule has 98 valence electrons. The molecule has 0 unspecified atom stereocenters. The molecular weight excluding hydrogens is 251 g/mol. The van der Waals surface area contributed by atoms with Crippen LogP contribution in [0.1, 0.15) is 46.0 Å². The highest BCUT2D eigenvalue weighted by molar-refractivity contribution is 5.85. The molecule has 16 heavy (non-hydrogen) atoms. The van der Waals surface area contributed by atoms with Gasteiger partial charge in [0, 0.05) is 11.8 Å². The van der Waals surface area contributed by atoms with Crippen molar-refractivity contribution in [1.82, 2.24) is 0 Å². The van der Waals surface area contributed by atoms with E-state index >= 15 is 0 Å².